The number of carbonyl (C=O) groups is 2. The molecule has 2 aromatic rings. The van der Waals surface area contributed by atoms with E-state index in [2.05, 4.69) is 6.92 Å². The van der Waals surface area contributed by atoms with Crippen LogP contribution >= 0.6 is 0 Å². The van der Waals surface area contributed by atoms with Crippen molar-refractivity contribution in [1.29, 1.82) is 0 Å². The number of nitrogens with zero attached hydrogens (tertiary/aromatic N) is 1. The molecule has 0 unspecified atom stereocenters. The number of alkyl halides is 1. The van der Waals surface area contributed by atoms with Crippen LogP contribution in [0.1, 0.15) is 69.9 Å². The number of allylic oxidation sites excluding steroid dienone is 4. The topological polar surface area (TPSA) is 124 Å². The molecule has 0 bridgehead atoms. The molecule has 4 fully saturated rings. The van der Waals surface area contributed by atoms with Gasteiger partial charge in [-0.15, -0.1) is 0 Å². The van der Waals surface area contributed by atoms with Crippen LogP contribution in [-0.4, -0.2) is 56.4 Å². The number of aromatic nitrogens is 1. The number of nitrogen functional groups attached to an aromatic ring is 1. The van der Waals surface area contributed by atoms with Crippen molar-refractivity contribution in [3.8, 4) is 0 Å². The number of Topliss-reactive ketones (excluding diaryl/α,β-unsaturated/α-hetero) is 1. The molecule has 0 spiro atoms. The lowest BCUT2D eigenvalue weighted by molar-refractivity contribution is -0.231. The van der Waals surface area contributed by atoms with E-state index in [0.717, 1.165) is 11.1 Å². The second kappa shape index (κ2) is 9.44. The molecule has 1 saturated heterocycles. The predicted octanol–water partition coefficient (Wildman–Crippen LogP) is 4.37. The van der Waals surface area contributed by atoms with Crippen LogP contribution in [0.3, 0.4) is 0 Å². The van der Waals surface area contributed by atoms with Gasteiger partial charge in [0.05, 0.1) is 18.2 Å². The summed E-state index contributed by atoms with van der Waals surface area (Å²) in [6.07, 6.45) is 6.63. The second-order valence-corrected chi connectivity index (χ2v) is 13.6. The lowest BCUT2D eigenvalue weighted by atomic mass is 9.44. The molecule has 1 aromatic carbocycles. The van der Waals surface area contributed by atoms with E-state index in [9.17, 15) is 19.8 Å². The largest absolute Gasteiger partial charge is 0.399 e. The molecular weight excluding hydrogens is 551 g/mol. The average Bonchev–Trinajstić information content (AvgIpc) is 3.67. The molecule has 1 aromatic heterocycles. The number of rotatable bonds is 5. The highest BCUT2D eigenvalue weighted by Crippen LogP contribution is 2.72. The SMILES string of the molecule is C[C@@H](c1cccc(N)c1)n1ccc([C@@H]2O[C@@H]3C[C@H]4[C@@H]5CCC6=CC(=O)C=C[C@]6(C)[C@@]5(F)[C@@H](O)C[C@]4(C)[C@]3(C(=O)CO)O2)c1. The number of aliphatic hydroxyl groups is 2. The molecule has 8 nitrogen and oxygen atoms in total. The molecular formula is C34H39FN2O6. The average molecular weight is 591 g/mol. The Morgan fingerprint density at radius 1 is 1.26 bits per heavy atom. The quantitative estimate of drug-likeness (QED) is 0.442. The number of aliphatic hydroxyl groups excluding tert-OH is 2. The molecule has 228 valence electrons. The van der Waals surface area contributed by atoms with Gasteiger partial charge < -0.3 is 30.0 Å². The summed E-state index contributed by atoms with van der Waals surface area (Å²) in [5, 5.41) is 21.9. The Labute approximate surface area is 250 Å². The molecule has 43 heavy (non-hydrogen) atoms. The first-order valence-corrected chi connectivity index (χ1v) is 15.2. The molecule has 10 atom stereocenters. The van der Waals surface area contributed by atoms with Crippen LogP contribution in [0.4, 0.5) is 10.1 Å². The number of fused-ring (bicyclic) bond motifs is 7. The minimum absolute atomic E-state index is 0.0185. The van der Waals surface area contributed by atoms with Gasteiger partial charge in [-0.3, -0.25) is 9.59 Å². The van der Waals surface area contributed by atoms with Crippen molar-refractivity contribution in [2.75, 3.05) is 12.3 Å². The van der Waals surface area contributed by atoms with Crippen molar-refractivity contribution in [2.24, 2.45) is 22.7 Å². The molecule has 2 heterocycles. The number of benzene rings is 1. The Bertz CT molecular complexity index is 1570. The number of carbonyl (C=O) groups excluding carboxylic acids is 2. The maximum Gasteiger partial charge on any atom is 0.193 e. The van der Waals surface area contributed by atoms with Crippen molar-refractivity contribution >= 4 is 17.3 Å². The van der Waals surface area contributed by atoms with Crippen molar-refractivity contribution in [3.63, 3.8) is 0 Å². The first kappa shape index (κ1) is 28.6. The first-order valence-electron chi connectivity index (χ1n) is 15.2. The van der Waals surface area contributed by atoms with Gasteiger partial charge in [-0.2, -0.15) is 0 Å². The normalized spacial score (nSPS) is 42.0. The van der Waals surface area contributed by atoms with Crippen molar-refractivity contribution < 1.29 is 33.7 Å². The molecule has 1 aliphatic heterocycles. The number of nitrogens with two attached hydrogens (primary N) is 1. The Hall–Kier alpha value is -3.11. The smallest absolute Gasteiger partial charge is 0.193 e. The summed E-state index contributed by atoms with van der Waals surface area (Å²) >= 11 is 0. The highest BCUT2D eigenvalue weighted by Gasteiger charge is 2.79. The number of ether oxygens (including phenoxy) is 2. The number of halogens is 1. The monoisotopic (exact) mass is 590 g/mol. The van der Waals surface area contributed by atoms with E-state index in [1.807, 2.05) is 54.2 Å². The fraction of sp³-hybridized carbons (Fsp3) is 0.529. The standard InChI is InChI=1S/C34H39FN2O6/c1-19(20-5-4-6-23(36)13-20)37-12-10-21(17-37)30-42-29-15-26-25-8-7-22-14-24(39)9-11-31(22,2)33(25,35)27(40)16-32(26,3)34(29,43-30)28(41)18-38/h4-6,9-14,17,19,25-27,29-30,38,40H,7-8,15-16,18,36H2,1-3H3/t19-,25-,26-,27-,29+,30+,31-,32-,33-,34+/m0/s1. The van der Waals surface area contributed by atoms with Gasteiger partial charge in [-0.25, -0.2) is 4.39 Å². The number of hydrogen-bond acceptors (Lipinski definition) is 7. The summed E-state index contributed by atoms with van der Waals surface area (Å²) in [6.45, 7) is 4.96. The van der Waals surface area contributed by atoms with Crippen LogP contribution in [0.25, 0.3) is 0 Å². The predicted molar refractivity (Wildman–Crippen MR) is 156 cm³/mol. The zero-order valence-corrected chi connectivity index (χ0v) is 24.7. The second-order valence-electron chi connectivity index (χ2n) is 13.6. The van der Waals surface area contributed by atoms with E-state index in [1.54, 1.807) is 13.0 Å². The lowest BCUT2D eigenvalue weighted by Gasteiger charge is -2.62. The van der Waals surface area contributed by atoms with Gasteiger partial charge >= 0.3 is 0 Å². The number of anilines is 1. The van der Waals surface area contributed by atoms with Crippen molar-refractivity contribution in [2.45, 2.75) is 82.3 Å². The van der Waals surface area contributed by atoms with E-state index < -0.39 is 58.9 Å². The summed E-state index contributed by atoms with van der Waals surface area (Å²) in [7, 11) is 0. The maximum atomic E-state index is 17.6. The van der Waals surface area contributed by atoms with E-state index in [4.69, 9.17) is 15.2 Å². The fourth-order valence-corrected chi connectivity index (χ4v) is 9.52. The van der Waals surface area contributed by atoms with Crippen LogP contribution in [-0.2, 0) is 19.1 Å². The Morgan fingerprint density at radius 3 is 2.79 bits per heavy atom. The molecule has 0 amide bonds. The van der Waals surface area contributed by atoms with Crippen molar-refractivity contribution in [3.05, 3.63) is 77.7 Å². The summed E-state index contributed by atoms with van der Waals surface area (Å²) in [6, 6.07) is 9.56. The van der Waals surface area contributed by atoms with Crippen LogP contribution in [0.5, 0.6) is 0 Å². The molecule has 4 N–H and O–H groups in total. The van der Waals surface area contributed by atoms with Gasteiger partial charge in [0.1, 0.15) is 6.61 Å². The van der Waals surface area contributed by atoms with Crippen LogP contribution in [0.15, 0.2) is 66.5 Å². The van der Waals surface area contributed by atoms with Crippen LogP contribution < -0.4 is 5.73 Å². The van der Waals surface area contributed by atoms with Gasteiger partial charge in [0.2, 0.25) is 0 Å². The highest BCUT2D eigenvalue weighted by atomic mass is 19.1. The van der Waals surface area contributed by atoms with Gasteiger partial charge in [-0.1, -0.05) is 30.7 Å². The minimum Gasteiger partial charge on any atom is -0.399 e. The molecule has 9 heteroatoms. The zero-order valence-electron chi connectivity index (χ0n) is 24.7. The summed E-state index contributed by atoms with van der Waals surface area (Å²) in [5.74, 6) is -1.63. The van der Waals surface area contributed by atoms with Crippen molar-refractivity contribution in [1.82, 2.24) is 4.57 Å². The minimum atomic E-state index is -2.03. The third kappa shape index (κ3) is 3.62. The summed E-state index contributed by atoms with van der Waals surface area (Å²) in [5.41, 5.74) is 3.43. The van der Waals surface area contributed by atoms with Gasteiger partial charge in [0.25, 0.3) is 0 Å². The fourth-order valence-electron chi connectivity index (χ4n) is 9.52. The van der Waals surface area contributed by atoms with E-state index in [1.165, 1.54) is 12.2 Å². The van der Waals surface area contributed by atoms with E-state index >= 15 is 4.39 Å². The van der Waals surface area contributed by atoms with Gasteiger partial charge in [-0.05, 0) is 81.4 Å². The maximum absolute atomic E-state index is 17.6. The van der Waals surface area contributed by atoms with E-state index in [0.29, 0.717) is 30.5 Å². The van der Waals surface area contributed by atoms with Gasteiger partial charge in [0.15, 0.2) is 29.1 Å². The molecule has 3 saturated carbocycles. The zero-order chi connectivity index (χ0) is 30.5. The Balaban J connectivity index is 1.22. The first-order chi connectivity index (χ1) is 20.4. The highest BCUT2D eigenvalue weighted by molar-refractivity contribution is 6.01. The third-order valence-electron chi connectivity index (χ3n) is 11.8. The van der Waals surface area contributed by atoms with Crippen LogP contribution in [0.2, 0.25) is 0 Å². The summed E-state index contributed by atoms with van der Waals surface area (Å²) < 4.78 is 32.7. The molecule has 7 rings (SSSR count). The third-order valence-corrected chi connectivity index (χ3v) is 11.8. The molecule has 0 radical (unpaired) electrons. The molecule has 4 aliphatic carbocycles. The number of ketones is 2. The number of hydrogen-bond donors (Lipinski definition) is 3. The van der Waals surface area contributed by atoms with E-state index in [-0.39, 0.29) is 24.2 Å². The Kier molecular flexibility index (Phi) is 6.29. The van der Waals surface area contributed by atoms with Gasteiger partial charge in [0, 0.05) is 40.4 Å². The lowest BCUT2D eigenvalue weighted by Crippen LogP contribution is -2.69. The van der Waals surface area contributed by atoms with Crippen LogP contribution in [0, 0.1) is 22.7 Å². The molecule has 5 aliphatic rings. The Morgan fingerprint density at radius 2 is 2.05 bits per heavy atom. The summed E-state index contributed by atoms with van der Waals surface area (Å²) in [4.78, 5) is 25.9.